The monoisotopic (exact) mass is 334 g/mol. The number of hydrogen-bond acceptors (Lipinski definition) is 5. The van der Waals surface area contributed by atoms with Crippen molar-refractivity contribution in [3.63, 3.8) is 0 Å². The average Bonchev–Trinajstić information content (AvgIpc) is 2.55. The van der Waals surface area contributed by atoms with Gasteiger partial charge in [-0.3, -0.25) is 4.79 Å². The Balaban J connectivity index is 1.86. The maximum Gasteiger partial charge on any atom is 0.277 e. The van der Waals surface area contributed by atoms with Gasteiger partial charge in [0.1, 0.15) is 17.2 Å². The summed E-state index contributed by atoms with van der Waals surface area (Å²) in [4.78, 5) is 11.6. The van der Waals surface area contributed by atoms with E-state index in [1.54, 1.807) is 36.4 Å². The second kappa shape index (κ2) is 8.05. The lowest BCUT2D eigenvalue weighted by atomic mass is 10.2. The predicted octanol–water partition coefficient (Wildman–Crippen LogP) is 2.58. The molecule has 0 saturated carbocycles. The van der Waals surface area contributed by atoms with Crippen molar-refractivity contribution in [2.75, 3.05) is 13.7 Å². The van der Waals surface area contributed by atoms with Gasteiger partial charge >= 0.3 is 0 Å². The summed E-state index contributed by atoms with van der Waals surface area (Å²) >= 11 is 5.81. The number of benzene rings is 2. The number of nitrogens with zero attached hydrogens (tertiary/aromatic N) is 1. The molecule has 120 valence electrons. The fraction of sp³-hybridized carbons (Fsp3) is 0.125. The van der Waals surface area contributed by atoms with Crippen molar-refractivity contribution >= 4 is 23.7 Å². The zero-order valence-corrected chi connectivity index (χ0v) is 13.1. The zero-order chi connectivity index (χ0) is 16.7. The number of carbonyl (C=O) groups is 1. The fourth-order valence-electron chi connectivity index (χ4n) is 1.67. The van der Waals surface area contributed by atoms with Crippen LogP contribution in [-0.2, 0) is 4.79 Å². The average molecular weight is 335 g/mol. The molecule has 0 unspecified atom stereocenters. The lowest BCUT2D eigenvalue weighted by molar-refractivity contribution is -0.123. The molecule has 23 heavy (non-hydrogen) atoms. The number of ether oxygens (including phenoxy) is 2. The molecular formula is C16H15ClN2O4. The number of halogens is 1. The minimum atomic E-state index is -0.441. The van der Waals surface area contributed by atoms with E-state index in [1.807, 2.05) is 0 Å². The Morgan fingerprint density at radius 1 is 1.30 bits per heavy atom. The number of amides is 1. The third-order valence-corrected chi connectivity index (χ3v) is 3.03. The molecule has 0 spiro atoms. The van der Waals surface area contributed by atoms with Gasteiger partial charge in [0, 0.05) is 10.6 Å². The Morgan fingerprint density at radius 3 is 2.87 bits per heavy atom. The number of phenolic OH excluding ortho intramolecular Hbond substituents is 1. The van der Waals surface area contributed by atoms with E-state index < -0.39 is 5.91 Å². The van der Waals surface area contributed by atoms with Gasteiger partial charge in [-0.05, 0) is 36.4 Å². The number of nitrogens with one attached hydrogen (secondary N) is 1. The highest BCUT2D eigenvalue weighted by atomic mass is 35.5. The largest absolute Gasteiger partial charge is 0.507 e. The second-order valence-corrected chi connectivity index (χ2v) is 4.90. The summed E-state index contributed by atoms with van der Waals surface area (Å²) in [5.41, 5.74) is 2.72. The Labute approximate surface area is 138 Å². The smallest absolute Gasteiger partial charge is 0.277 e. The van der Waals surface area contributed by atoms with E-state index in [0.29, 0.717) is 22.1 Å². The highest BCUT2D eigenvalue weighted by Gasteiger charge is 2.03. The molecule has 0 atom stereocenters. The third-order valence-electron chi connectivity index (χ3n) is 2.79. The van der Waals surface area contributed by atoms with Crippen LogP contribution < -0.4 is 14.9 Å². The molecule has 6 nitrogen and oxygen atoms in total. The highest BCUT2D eigenvalue weighted by Crippen LogP contribution is 2.21. The molecular weight excluding hydrogens is 320 g/mol. The topological polar surface area (TPSA) is 80.2 Å². The number of aromatic hydroxyl groups is 1. The van der Waals surface area contributed by atoms with E-state index >= 15 is 0 Å². The first-order valence-electron chi connectivity index (χ1n) is 6.66. The van der Waals surface area contributed by atoms with Gasteiger partial charge in [-0.2, -0.15) is 5.10 Å². The quantitative estimate of drug-likeness (QED) is 0.628. The van der Waals surface area contributed by atoms with E-state index in [9.17, 15) is 9.90 Å². The van der Waals surface area contributed by atoms with Crippen molar-refractivity contribution in [1.82, 2.24) is 5.43 Å². The van der Waals surface area contributed by atoms with Gasteiger partial charge < -0.3 is 14.6 Å². The molecule has 1 amide bonds. The summed E-state index contributed by atoms with van der Waals surface area (Å²) in [6.45, 7) is -0.207. The Kier molecular flexibility index (Phi) is 5.82. The maximum atomic E-state index is 11.6. The molecule has 0 bridgehead atoms. The first-order valence-corrected chi connectivity index (χ1v) is 7.03. The van der Waals surface area contributed by atoms with Crippen LogP contribution >= 0.6 is 11.6 Å². The molecule has 2 rings (SSSR count). The van der Waals surface area contributed by atoms with Crippen molar-refractivity contribution in [3.8, 4) is 17.2 Å². The van der Waals surface area contributed by atoms with Gasteiger partial charge in [0.2, 0.25) is 0 Å². The van der Waals surface area contributed by atoms with Crippen LogP contribution in [-0.4, -0.2) is 30.9 Å². The summed E-state index contributed by atoms with van der Waals surface area (Å²) in [6, 6.07) is 11.4. The summed E-state index contributed by atoms with van der Waals surface area (Å²) in [7, 11) is 1.52. The molecule has 2 N–H and O–H groups in total. The SMILES string of the molecule is COc1ccc(O)c(/C=N\NC(=O)COc2cccc(Cl)c2)c1. The first kappa shape index (κ1) is 16.6. The van der Waals surface area contributed by atoms with Gasteiger partial charge in [-0.1, -0.05) is 17.7 Å². The van der Waals surface area contributed by atoms with Gasteiger partial charge in [-0.25, -0.2) is 5.43 Å². The van der Waals surface area contributed by atoms with Crippen LogP contribution in [0.15, 0.2) is 47.6 Å². The molecule has 0 aliphatic heterocycles. The summed E-state index contributed by atoms with van der Waals surface area (Å²) in [6.07, 6.45) is 1.31. The number of methoxy groups -OCH3 is 1. The maximum absolute atomic E-state index is 11.6. The molecule has 0 heterocycles. The predicted molar refractivity (Wildman–Crippen MR) is 87.3 cm³/mol. The molecule has 0 saturated heterocycles. The Hall–Kier alpha value is -2.73. The van der Waals surface area contributed by atoms with E-state index in [-0.39, 0.29) is 12.4 Å². The summed E-state index contributed by atoms with van der Waals surface area (Å²) < 4.78 is 10.3. The molecule has 0 radical (unpaired) electrons. The molecule has 0 fully saturated rings. The molecule has 7 heteroatoms. The van der Waals surface area contributed by atoms with Gasteiger partial charge in [-0.15, -0.1) is 0 Å². The zero-order valence-electron chi connectivity index (χ0n) is 12.3. The number of hydrogen-bond donors (Lipinski definition) is 2. The van der Waals surface area contributed by atoms with Crippen LogP contribution in [0.5, 0.6) is 17.2 Å². The van der Waals surface area contributed by atoms with Crippen LogP contribution in [0.4, 0.5) is 0 Å². The molecule has 2 aromatic rings. The van der Waals surface area contributed by atoms with E-state index in [2.05, 4.69) is 10.5 Å². The number of carbonyl (C=O) groups excluding carboxylic acids is 1. The highest BCUT2D eigenvalue weighted by molar-refractivity contribution is 6.30. The van der Waals surface area contributed by atoms with Crippen molar-refractivity contribution in [1.29, 1.82) is 0 Å². The number of rotatable bonds is 6. The Bertz CT molecular complexity index is 719. The minimum absolute atomic E-state index is 0.0268. The minimum Gasteiger partial charge on any atom is -0.507 e. The van der Waals surface area contributed by atoms with Crippen molar-refractivity contribution in [2.24, 2.45) is 5.10 Å². The lowest BCUT2D eigenvalue weighted by Crippen LogP contribution is -2.24. The summed E-state index contributed by atoms with van der Waals surface area (Å²) in [5, 5.41) is 14.0. The first-order chi connectivity index (χ1) is 11.1. The van der Waals surface area contributed by atoms with Gasteiger partial charge in [0.15, 0.2) is 6.61 Å². The Morgan fingerprint density at radius 2 is 2.13 bits per heavy atom. The fourth-order valence-corrected chi connectivity index (χ4v) is 1.86. The van der Waals surface area contributed by atoms with Crippen LogP contribution in [0.1, 0.15) is 5.56 Å². The van der Waals surface area contributed by atoms with Crippen LogP contribution in [0, 0.1) is 0 Å². The van der Waals surface area contributed by atoms with Gasteiger partial charge in [0.25, 0.3) is 5.91 Å². The van der Waals surface area contributed by atoms with Crippen LogP contribution in [0.2, 0.25) is 5.02 Å². The van der Waals surface area contributed by atoms with Crippen LogP contribution in [0.25, 0.3) is 0 Å². The molecule has 0 aliphatic carbocycles. The van der Waals surface area contributed by atoms with Crippen molar-refractivity contribution < 1.29 is 19.4 Å². The molecule has 0 aliphatic rings. The lowest BCUT2D eigenvalue weighted by Gasteiger charge is -2.05. The molecule has 0 aromatic heterocycles. The normalized spacial score (nSPS) is 10.5. The van der Waals surface area contributed by atoms with Crippen molar-refractivity contribution in [2.45, 2.75) is 0 Å². The van der Waals surface area contributed by atoms with Gasteiger partial charge in [0.05, 0.1) is 13.3 Å². The van der Waals surface area contributed by atoms with Crippen LogP contribution in [0.3, 0.4) is 0 Å². The standard InChI is InChI=1S/C16H15ClN2O4/c1-22-13-5-6-15(20)11(7-13)9-18-19-16(21)10-23-14-4-2-3-12(17)8-14/h2-9,20H,10H2,1H3,(H,19,21)/b18-9-. The van der Waals surface area contributed by atoms with E-state index in [1.165, 1.54) is 19.4 Å². The second-order valence-electron chi connectivity index (χ2n) is 4.46. The van der Waals surface area contributed by atoms with E-state index in [4.69, 9.17) is 21.1 Å². The molecule has 2 aromatic carbocycles. The number of phenols is 1. The van der Waals surface area contributed by atoms with E-state index in [0.717, 1.165) is 0 Å². The number of hydrazone groups is 1. The summed E-state index contributed by atoms with van der Waals surface area (Å²) in [5.74, 6) is 0.643. The third kappa shape index (κ3) is 5.19. The van der Waals surface area contributed by atoms with Crippen molar-refractivity contribution in [3.05, 3.63) is 53.1 Å².